The molecule has 2 heterocycles. The molecule has 148 valence electrons. The average Bonchev–Trinajstić information content (AvgIpc) is 3.14. The molecule has 29 heavy (non-hydrogen) atoms. The lowest BCUT2D eigenvalue weighted by Gasteiger charge is -2.17. The fourth-order valence-electron chi connectivity index (χ4n) is 3.00. The molecule has 7 nitrogen and oxygen atoms in total. The second-order valence-corrected chi connectivity index (χ2v) is 7.05. The van der Waals surface area contributed by atoms with Gasteiger partial charge < -0.3 is 14.7 Å². The van der Waals surface area contributed by atoms with Gasteiger partial charge in [0.1, 0.15) is 17.7 Å². The summed E-state index contributed by atoms with van der Waals surface area (Å²) in [7, 11) is 3.78. The molecule has 0 fully saturated rings. The molecule has 1 N–H and O–H groups in total. The van der Waals surface area contributed by atoms with E-state index in [0.717, 1.165) is 22.0 Å². The number of nitrogens with zero attached hydrogens (tertiary/aromatic N) is 5. The van der Waals surface area contributed by atoms with E-state index in [0.29, 0.717) is 23.5 Å². The van der Waals surface area contributed by atoms with Gasteiger partial charge in [0.05, 0.1) is 5.52 Å². The van der Waals surface area contributed by atoms with E-state index in [-0.39, 0.29) is 11.9 Å². The molecule has 0 aliphatic carbocycles. The van der Waals surface area contributed by atoms with Crippen LogP contribution >= 0.6 is 0 Å². The monoisotopic (exact) mass is 392 g/mol. The third kappa shape index (κ3) is 3.87. The Hall–Kier alpha value is -3.55. The molecule has 0 radical (unpaired) electrons. The molecule has 1 unspecified atom stereocenters. The Balaban J connectivity index is 1.80. The maximum atomic E-state index is 13.3. The van der Waals surface area contributed by atoms with Crippen molar-refractivity contribution in [2.75, 3.05) is 24.3 Å². The molecule has 0 saturated heterocycles. The third-order valence-electron chi connectivity index (χ3n) is 4.53. The van der Waals surface area contributed by atoms with Crippen LogP contribution in [0.15, 0.2) is 47.0 Å². The van der Waals surface area contributed by atoms with Gasteiger partial charge in [0.25, 0.3) is 0 Å². The van der Waals surface area contributed by atoms with Crippen molar-refractivity contribution in [1.29, 1.82) is 0 Å². The van der Waals surface area contributed by atoms with Crippen LogP contribution in [0.2, 0.25) is 0 Å². The summed E-state index contributed by atoms with van der Waals surface area (Å²) in [4.78, 5) is 15.4. The smallest absolute Gasteiger partial charge is 0.248 e. The summed E-state index contributed by atoms with van der Waals surface area (Å²) >= 11 is 0. The Bertz CT molecular complexity index is 1160. The normalized spacial score (nSPS) is 12.2. The Labute approximate surface area is 167 Å². The molecule has 0 amide bonds. The lowest BCUT2D eigenvalue weighted by molar-refractivity contribution is 0.364. The maximum absolute atomic E-state index is 13.3. The van der Waals surface area contributed by atoms with Crippen molar-refractivity contribution in [3.63, 3.8) is 0 Å². The van der Waals surface area contributed by atoms with Gasteiger partial charge in [-0.15, -0.1) is 0 Å². The number of hydrogen-bond acceptors (Lipinski definition) is 7. The largest absolute Gasteiger partial charge is 0.358 e. The molecule has 0 aliphatic rings. The second-order valence-electron chi connectivity index (χ2n) is 7.05. The number of anilines is 2. The SMILES string of the molecule is Cc1noc(C(C)Nc2nc(N(C)C)nc3ccc(-c4ccc(F)cc4)cc23)n1. The fraction of sp³-hybridized carbons (Fsp3) is 0.238. The van der Waals surface area contributed by atoms with Crippen molar-refractivity contribution in [3.8, 4) is 11.1 Å². The molecular weight excluding hydrogens is 371 g/mol. The van der Waals surface area contributed by atoms with Crippen LogP contribution in [0.1, 0.15) is 24.7 Å². The molecule has 0 bridgehead atoms. The molecule has 1 atom stereocenters. The van der Waals surface area contributed by atoms with E-state index in [9.17, 15) is 4.39 Å². The number of benzene rings is 2. The lowest BCUT2D eigenvalue weighted by Crippen LogP contribution is -2.15. The summed E-state index contributed by atoms with van der Waals surface area (Å²) in [5, 5.41) is 8.06. The van der Waals surface area contributed by atoms with E-state index < -0.39 is 0 Å². The second kappa shape index (κ2) is 7.46. The van der Waals surface area contributed by atoms with Crippen molar-refractivity contribution in [2.24, 2.45) is 0 Å². The molecule has 4 rings (SSSR count). The van der Waals surface area contributed by atoms with Gasteiger partial charge in [-0.3, -0.25) is 0 Å². The Morgan fingerprint density at radius 1 is 1.00 bits per heavy atom. The summed E-state index contributed by atoms with van der Waals surface area (Å²) < 4.78 is 18.6. The zero-order valence-corrected chi connectivity index (χ0v) is 16.6. The number of aromatic nitrogens is 4. The van der Waals surface area contributed by atoms with E-state index >= 15 is 0 Å². The first-order valence-electron chi connectivity index (χ1n) is 9.22. The topological polar surface area (TPSA) is 80.0 Å². The van der Waals surface area contributed by atoms with Gasteiger partial charge in [-0.25, -0.2) is 9.37 Å². The molecule has 2 aromatic heterocycles. The van der Waals surface area contributed by atoms with E-state index in [1.165, 1.54) is 12.1 Å². The standard InChI is InChI=1S/C21H21FN6O/c1-12(20-24-13(2)27-29-20)23-19-17-11-15(14-5-8-16(22)9-6-14)7-10-18(17)25-21(26-19)28(3)4/h5-12H,1-4H3,(H,23,25,26). The number of rotatable bonds is 5. The average molecular weight is 392 g/mol. The zero-order valence-electron chi connectivity index (χ0n) is 16.6. The number of hydrogen-bond donors (Lipinski definition) is 1. The first-order chi connectivity index (χ1) is 13.9. The number of nitrogens with one attached hydrogen (secondary N) is 1. The highest BCUT2D eigenvalue weighted by Crippen LogP contribution is 2.30. The van der Waals surface area contributed by atoms with Crippen LogP contribution in [-0.2, 0) is 0 Å². The van der Waals surface area contributed by atoms with Gasteiger partial charge in [0.15, 0.2) is 5.82 Å². The predicted octanol–water partition coefficient (Wildman–Crippen LogP) is 4.37. The lowest BCUT2D eigenvalue weighted by atomic mass is 10.0. The minimum atomic E-state index is -0.264. The van der Waals surface area contributed by atoms with E-state index in [1.54, 1.807) is 19.1 Å². The zero-order chi connectivity index (χ0) is 20.5. The van der Waals surface area contributed by atoms with Crippen LogP contribution in [0.25, 0.3) is 22.0 Å². The van der Waals surface area contributed by atoms with Crippen LogP contribution in [0.3, 0.4) is 0 Å². The van der Waals surface area contributed by atoms with Gasteiger partial charge in [0, 0.05) is 19.5 Å². The van der Waals surface area contributed by atoms with Crippen molar-refractivity contribution in [3.05, 3.63) is 60.0 Å². The molecule has 8 heteroatoms. The van der Waals surface area contributed by atoms with Crippen LogP contribution in [-0.4, -0.2) is 34.2 Å². The third-order valence-corrected chi connectivity index (χ3v) is 4.53. The fourth-order valence-corrected chi connectivity index (χ4v) is 3.00. The van der Waals surface area contributed by atoms with Crippen LogP contribution in [0.4, 0.5) is 16.2 Å². The summed E-state index contributed by atoms with van der Waals surface area (Å²) in [6.45, 7) is 3.71. The van der Waals surface area contributed by atoms with E-state index in [2.05, 4.69) is 25.4 Å². The van der Waals surface area contributed by atoms with E-state index in [1.807, 2.05) is 44.1 Å². The van der Waals surface area contributed by atoms with Gasteiger partial charge in [-0.05, 0) is 49.2 Å². The van der Waals surface area contributed by atoms with Crippen molar-refractivity contribution < 1.29 is 8.91 Å². The quantitative estimate of drug-likeness (QED) is 0.540. The van der Waals surface area contributed by atoms with Crippen LogP contribution in [0, 0.1) is 12.7 Å². The summed E-state index contributed by atoms with van der Waals surface area (Å²) in [5.41, 5.74) is 2.66. The first-order valence-corrected chi connectivity index (χ1v) is 9.22. The molecular formula is C21H21FN6O. The van der Waals surface area contributed by atoms with Gasteiger partial charge in [0.2, 0.25) is 11.8 Å². The van der Waals surface area contributed by atoms with E-state index in [4.69, 9.17) is 4.52 Å². The predicted molar refractivity (Wildman–Crippen MR) is 110 cm³/mol. The first kappa shape index (κ1) is 18.8. The maximum Gasteiger partial charge on any atom is 0.248 e. The van der Waals surface area contributed by atoms with Crippen LogP contribution in [0.5, 0.6) is 0 Å². The molecule has 4 aromatic rings. The van der Waals surface area contributed by atoms with Gasteiger partial charge in [-0.1, -0.05) is 23.4 Å². The summed E-state index contributed by atoms with van der Waals surface area (Å²) in [6.07, 6.45) is 0. The highest BCUT2D eigenvalue weighted by Gasteiger charge is 2.17. The Morgan fingerprint density at radius 3 is 2.38 bits per heavy atom. The number of fused-ring (bicyclic) bond motifs is 1. The van der Waals surface area contributed by atoms with Crippen molar-refractivity contribution in [2.45, 2.75) is 19.9 Å². The summed E-state index contributed by atoms with van der Waals surface area (Å²) in [5.74, 6) is 2.04. The van der Waals surface area contributed by atoms with Crippen molar-refractivity contribution in [1.82, 2.24) is 20.1 Å². The molecule has 2 aromatic carbocycles. The number of aryl methyl sites for hydroxylation is 1. The Kier molecular flexibility index (Phi) is 4.84. The highest BCUT2D eigenvalue weighted by molar-refractivity contribution is 5.93. The van der Waals surface area contributed by atoms with Gasteiger partial charge >= 0.3 is 0 Å². The van der Waals surface area contributed by atoms with Gasteiger partial charge in [-0.2, -0.15) is 9.97 Å². The number of halogens is 1. The minimum absolute atomic E-state index is 0.237. The molecule has 0 saturated carbocycles. The van der Waals surface area contributed by atoms with Crippen molar-refractivity contribution >= 4 is 22.7 Å². The Morgan fingerprint density at radius 2 is 1.72 bits per heavy atom. The minimum Gasteiger partial charge on any atom is -0.358 e. The molecule has 0 spiro atoms. The summed E-state index contributed by atoms with van der Waals surface area (Å²) in [6, 6.07) is 12.1. The molecule has 0 aliphatic heterocycles. The highest BCUT2D eigenvalue weighted by atomic mass is 19.1. The van der Waals surface area contributed by atoms with Crippen LogP contribution < -0.4 is 10.2 Å².